The molecule has 3 rings (SSSR count). The Balaban J connectivity index is 2.10. The van der Waals surface area contributed by atoms with Crippen LogP contribution in [0.3, 0.4) is 0 Å². The van der Waals surface area contributed by atoms with Crippen molar-refractivity contribution >= 4 is 22.8 Å². The van der Waals surface area contributed by atoms with Crippen LogP contribution in [0.4, 0.5) is 0 Å². The number of aromatic carboxylic acids is 1. The first-order valence-corrected chi connectivity index (χ1v) is 10.5. The molecule has 0 saturated heterocycles. The predicted molar refractivity (Wildman–Crippen MR) is 121 cm³/mol. The normalized spacial score (nSPS) is 12.7. The van der Waals surface area contributed by atoms with E-state index in [4.69, 9.17) is 4.74 Å². The predicted octanol–water partition coefficient (Wildman–Crippen LogP) is 4.49. The van der Waals surface area contributed by atoms with Crippen molar-refractivity contribution in [2.24, 2.45) is 5.41 Å². The number of hydrogen-bond donors (Lipinski definition) is 3. The number of benzene rings is 2. The summed E-state index contributed by atoms with van der Waals surface area (Å²) in [6.07, 6.45) is 2.32. The molecule has 7 nitrogen and oxygen atoms in total. The maximum Gasteiger partial charge on any atom is 0.335 e. The number of carboxylic acids is 2. The number of aromatic nitrogens is 1. The molecule has 32 heavy (non-hydrogen) atoms. The second-order valence-corrected chi connectivity index (χ2v) is 8.56. The van der Waals surface area contributed by atoms with Crippen LogP contribution in [0.2, 0.25) is 0 Å². The summed E-state index contributed by atoms with van der Waals surface area (Å²) in [4.78, 5) is 22.9. The third-order valence-corrected chi connectivity index (χ3v) is 5.92. The number of carboxylic acid groups (broad SMARTS) is 2. The Labute approximate surface area is 186 Å². The third kappa shape index (κ3) is 4.34. The van der Waals surface area contributed by atoms with Gasteiger partial charge in [0.15, 0.2) is 0 Å². The molecule has 0 bridgehead atoms. The Bertz CT molecular complexity index is 1160. The molecule has 0 aliphatic rings. The second kappa shape index (κ2) is 9.04. The summed E-state index contributed by atoms with van der Waals surface area (Å²) in [5, 5.41) is 30.4. The molecule has 170 valence electrons. The maximum absolute atomic E-state index is 11.6. The van der Waals surface area contributed by atoms with E-state index in [-0.39, 0.29) is 5.56 Å². The van der Waals surface area contributed by atoms with Crippen molar-refractivity contribution in [2.45, 2.75) is 46.3 Å². The van der Waals surface area contributed by atoms with Crippen LogP contribution in [-0.2, 0) is 17.8 Å². The van der Waals surface area contributed by atoms with Crippen molar-refractivity contribution in [3.63, 3.8) is 0 Å². The zero-order valence-corrected chi connectivity index (χ0v) is 18.8. The number of aliphatic carboxylic acids is 1. The number of aliphatic hydroxyl groups excluding tert-OH is 1. The van der Waals surface area contributed by atoms with Crippen LogP contribution in [-0.4, -0.2) is 38.9 Å². The molecule has 3 N–H and O–H groups in total. The Morgan fingerprint density at radius 3 is 2.41 bits per heavy atom. The number of carbonyl (C=O) groups is 2. The van der Waals surface area contributed by atoms with Gasteiger partial charge in [-0.25, -0.2) is 4.79 Å². The van der Waals surface area contributed by atoms with Crippen molar-refractivity contribution < 1.29 is 29.6 Å². The van der Waals surface area contributed by atoms with E-state index in [1.807, 2.05) is 12.1 Å². The highest BCUT2D eigenvalue weighted by Gasteiger charge is 2.37. The van der Waals surface area contributed by atoms with E-state index in [1.54, 1.807) is 18.2 Å². The van der Waals surface area contributed by atoms with Crippen molar-refractivity contribution in [1.29, 1.82) is 0 Å². The molecule has 0 radical (unpaired) electrons. The highest BCUT2D eigenvalue weighted by atomic mass is 16.5. The van der Waals surface area contributed by atoms with Crippen LogP contribution in [0.15, 0.2) is 42.6 Å². The Kier molecular flexibility index (Phi) is 6.60. The van der Waals surface area contributed by atoms with Crippen LogP contribution < -0.4 is 4.74 Å². The van der Waals surface area contributed by atoms with Gasteiger partial charge in [-0.2, -0.15) is 0 Å². The van der Waals surface area contributed by atoms with Crippen LogP contribution in [0.25, 0.3) is 10.9 Å². The summed E-state index contributed by atoms with van der Waals surface area (Å²) in [6, 6.07) is 10.3. The summed E-state index contributed by atoms with van der Waals surface area (Å²) in [5.41, 5.74) is 2.17. The number of rotatable bonds is 9. The van der Waals surface area contributed by atoms with Gasteiger partial charge in [-0.15, -0.1) is 0 Å². The second-order valence-electron chi connectivity index (χ2n) is 8.56. The van der Waals surface area contributed by atoms with Crippen LogP contribution in [0.1, 0.15) is 60.3 Å². The number of aliphatic hydroxyl groups is 1. The number of nitrogens with zero attached hydrogens (tertiary/aromatic N) is 1. The van der Waals surface area contributed by atoms with Gasteiger partial charge in [0.2, 0.25) is 0 Å². The molecule has 1 unspecified atom stereocenters. The van der Waals surface area contributed by atoms with Crippen LogP contribution >= 0.6 is 0 Å². The summed E-state index contributed by atoms with van der Waals surface area (Å²) >= 11 is 0. The minimum atomic E-state index is -1.34. The van der Waals surface area contributed by atoms with E-state index in [0.717, 1.165) is 35.0 Å². The average Bonchev–Trinajstić information content (AvgIpc) is 3.09. The van der Waals surface area contributed by atoms with Gasteiger partial charge in [-0.3, -0.25) is 4.79 Å². The molecule has 0 aliphatic heterocycles. The molecular weight excluding hydrogens is 410 g/mol. The molecule has 2 aromatic carbocycles. The largest absolute Gasteiger partial charge is 0.496 e. The quantitative estimate of drug-likeness (QED) is 0.453. The fourth-order valence-corrected chi connectivity index (χ4v) is 3.89. The topological polar surface area (TPSA) is 109 Å². The number of hydrogen-bond acceptors (Lipinski definition) is 4. The van der Waals surface area contributed by atoms with Crippen molar-refractivity contribution in [1.82, 2.24) is 4.57 Å². The molecule has 0 aliphatic carbocycles. The zero-order chi connectivity index (χ0) is 23.6. The van der Waals surface area contributed by atoms with Crippen molar-refractivity contribution in [2.75, 3.05) is 7.11 Å². The summed E-state index contributed by atoms with van der Waals surface area (Å²) in [5.74, 6) is -1.60. The number of methoxy groups -OCH3 is 1. The van der Waals surface area contributed by atoms with E-state index in [1.165, 1.54) is 27.0 Å². The molecule has 0 fully saturated rings. The van der Waals surface area contributed by atoms with E-state index >= 15 is 0 Å². The smallest absolute Gasteiger partial charge is 0.335 e. The minimum absolute atomic E-state index is 0.153. The van der Waals surface area contributed by atoms with Gasteiger partial charge in [0, 0.05) is 30.1 Å². The monoisotopic (exact) mass is 439 g/mol. The van der Waals surface area contributed by atoms with Gasteiger partial charge in [0.1, 0.15) is 5.75 Å². The lowest BCUT2D eigenvalue weighted by atomic mass is 9.82. The van der Waals surface area contributed by atoms with Crippen molar-refractivity contribution in [3.8, 4) is 5.75 Å². The highest BCUT2D eigenvalue weighted by Crippen LogP contribution is 2.36. The molecular formula is C25H29NO6. The van der Waals surface area contributed by atoms with Gasteiger partial charge >= 0.3 is 11.9 Å². The number of ether oxygens (including phenoxy) is 1. The molecule has 0 spiro atoms. The zero-order valence-electron chi connectivity index (χ0n) is 18.8. The molecule has 1 aromatic heterocycles. The Hall–Kier alpha value is -3.32. The fraction of sp³-hybridized carbons (Fsp3) is 0.360. The Morgan fingerprint density at radius 2 is 1.81 bits per heavy atom. The highest BCUT2D eigenvalue weighted by molar-refractivity contribution is 5.88. The molecule has 0 saturated carbocycles. The molecule has 0 amide bonds. The van der Waals surface area contributed by atoms with E-state index in [9.17, 15) is 24.9 Å². The molecule has 1 heterocycles. The van der Waals surface area contributed by atoms with Gasteiger partial charge in [-0.05, 0) is 61.2 Å². The molecule has 3 aromatic rings. The summed E-state index contributed by atoms with van der Waals surface area (Å²) in [7, 11) is 1.51. The lowest BCUT2D eigenvalue weighted by Gasteiger charge is -2.26. The van der Waals surface area contributed by atoms with Crippen molar-refractivity contribution in [3.05, 3.63) is 64.8 Å². The van der Waals surface area contributed by atoms with Gasteiger partial charge < -0.3 is 24.6 Å². The first-order valence-electron chi connectivity index (χ1n) is 10.5. The molecule has 1 atom stereocenters. The lowest BCUT2D eigenvalue weighted by Crippen LogP contribution is -2.31. The molecule has 7 heteroatoms. The number of fused-ring (bicyclic) bond motifs is 1. The van der Waals surface area contributed by atoms with E-state index in [0.29, 0.717) is 17.7 Å². The SMILES string of the molecule is CCCn1cc(Cc2ccc(C(=O)O)cc2OC)c2cc(C(O)C(C)(C)C(=O)O)ccc21. The first-order chi connectivity index (χ1) is 15.1. The Morgan fingerprint density at radius 1 is 1.09 bits per heavy atom. The van der Waals surface area contributed by atoms with Crippen LogP contribution in [0, 0.1) is 5.41 Å². The lowest BCUT2D eigenvalue weighted by molar-refractivity contribution is -0.153. The minimum Gasteiger partial charge on any atom is -0.496 e. The standard InChI is InChI=1S/C25H29NO6/c1-5-10-26-14-18(11-15-6-7-17(23(28)29)13-21(15)32-4)19-12-16(8-9-20(19)26)22(27)25(2,3)24(30)31/h6-9,12-14,22,27H,5,10-11H2,1-4H3,(H,28,29)(H,30,31). The van der Waals surface area contributed by atoms with E-state index < -0.39 is 23.5 Å². The van der Waals surface area contributed by atoms with Gasteiger partial charge in [0.25, 0.3) is 0 Å². The third-order valence-electron chi connectivity index (χ3n) is 5.92. The average molecular weight is 440 g/mol. The van der Waals surface area contributed by atoms with E-state index in [2.05, 4.69) is 17.7 Å². The maximum atomic E-state index is 11.6. The van der Waals surface area contributed by atoms with Gasteiger partial charge in [0.05, 0.1) is 24.2 Å². The number of aryl methyl sites for hydroxylation is 1. The van der Waals surface area contributed by atoms with Crippen LogP contribution in [0.5, 0.6) is 5.75 Å². The van der Waals surface area contributed by atoms with Gasteiger partial charge in [-0.1, -0.05) is 19.1 Å². The first kappa shape index (κ1) is 23.3. The fourth-order valence-electron chi connectivity index (χ4n) is 3.89. The summed E-state index contributed by atoms with van der Waals surface area (Å²) in [6.45, 7) is 5.91. The summed E-state index contributed by atoms with van der Waals surface area (Å²) < 4.78 is 7.57.